The Morgan fingerprint density at radius 1 is 1.14 bits per heavy atom. The minimum absolute atomic E-state index is 0.232. The molecule has 1 heterocycles. The number of anilines is 1. The van der Waals surface area contributed by atoms with E-state index < -0.39 is 5.82 Å². The number of amides is 2. The lowest BCUT2D eigenvalue weighted by Gasteiger charge is -2.24. The molecule has 1 saturated heterocycles. The Morgan fingerprint density at radius 2 is 1.86 bits per heavy atom. The number of halogens is 2. The Bertz CT molecular complexity index is 695. The van der Waals surface area contributed by atoms with Gasteiger partial charge in [-0.05, 0) is 35.9 Å². The van der Waals surface area contributed by atoms with Crippen LogP contribution in [0.5, 0.6) is 0 Å². The Hall–Kier alpha value is -2.08. The summed E-state index contributed by atoms with van der Waals surface area (Å²) >= 11 is 1.58. The van der Waals surface area contributed by atoms with Crippen LogP contribution in [0.15, 0.2) is 48.5 Å². The first-order valence-corrected chi connectivity index (χ1v) is 7.88. The number of nitrogens with zero attached hydrogens (tertiary/aromatic N) is 1. The van der Waals surface area contributed by atoms with E-state index in [2.05, 4.69) is 5.32 Å². The number of rotatable bonds is 2. The quantitative estimate of drug-likeness (QED) is 0.897. The van der Waals surface area contributed by atoms with Crippen molar-refractivity contribution >= 4 is 23.5 Å². The van der Waals surface area contributed by atoms with E-state index in [1.54, 1.807) is 34.9 Å². The fraction of sp³-hybridized carbons (Fsp3) is 0.188. The van der Waals surface area contributed by atoms with E-state index in [0.29, 0.717) is 12.2 Å². The molecule has 6 heteroatoms. The molecule has 0 aliphatic carbocycles. The van der Waals surface area contributed by atoms with E-state index in [4.69, 9.17) is 0 Å². The molecule has 1 aliphatic heterocycles. The first-order chi connectivity index (χ1) is 10.6. The van der Waals surface area contributed by atoms with Crippen molar-refractivity contribution in [3.63, 3.8) is 0 Å². The standard InChI is InChI=1S/C16H14F2N2OS/c17-12-4-1-3-11(9-12)15-20(7-8-22-15)16(21)19-14-6-2-5-13(18)10-14/h1-6,9-10,15H,7-8H2,(H,19,21). The van der Waals surface area contributed by atoms with Gasteiger partial charge in [-0.2, -0.15) is 0 Å². The zero-order valence-corrected chi connectivity index (χ0v) is 12.4. The monoisotopic (exact) mass is 320 g/mol. The molecule has 0 aromatic heterocycles. The maximum Gasteiger partial charge on any atom is 0.323 e. The van der Waals surface area contributed by atoms with Gasteiger partial charge in [-0.15, -0.1) is 11.8 Å². The lowest BCUT2D eigenvalue weighted by Crippen LogP contribution is -2.34. The van der Waals surface area contributed by atoms with Crippen LogP contribution in [0.25, 0.3) is 0 Å². The Labute approximate surface area is 131 Å². The summed E-state index contributed by atoms with van der Waals surface area (Å²) in [6.07, 6.45) is 0. The molecule has 22 heavy (non-hydrogen) atoms. The molecule has 1 atom stereocenters. The smallest absolute Gasteiger partial charge is 0.308 e. The van der Waals surface area contributed by atoms with Gasteiger partial charge in [0.05, 0.1) is 0 Å². The average Bonchev–Trinajstić information content (AvgIpc) is 2.97. The summed E-state index contributed by atoms with van der Waals surface area (Å²) in [5.41, 5.74) is 1.15. The highest BCUT2D eigenvalue weighted by molar-refractivity contribution is 7.99. The predicted octanol–water partition coefficient (Wildman–Crippen LogP) is 4.24. The van der Waals surface area contributed by atoms with Crippen LogP contribution in [-0.2, 0) is 0 Å². The summed E-state index contributed by atoms with van der Waals surface area (Å²) < 4.78 is 26.5. The molecule has 3 nitrogen and oxygen atoms in total. The van der Waals surface area contributed by atoms with Crippen LogP contribution < -0.4 is 5.32 Å². The zero-order chi connectivity index (χ0) is 15.5. The third kappa shape index (κ3) is 3.22. The first-order valence-electron chi connectivity index (χ1n) is 6.84. The van der Waals surface area contributed by atoms with Crippen LogP contribution in [0.3, 0.4) is 0 Å². The molecule has 114 valence electrons. The van der Waals surface area contributed by atoms with Crippen LogP contribution in [0, 0.1) is 11.6 Å². The molecule has 2 aromatic carbocycles. The van der Waals surface area contributed by atoms with Gasteiger partial charge < -0.3 is 10.2 Å². The summed E-state index contributed by atoms with van der Waals surface area (Å²) in [5.74, 6) is 0.0448. The lowest BCUT2D eigenvalue weighted by molar-refractivity contribution is 0.214. The Kier molecular flexibility index (Phi) is 4.29. The predicted molar refractivity (Wildman–Crippen MR) is 83.7 cm³/mol. The molecule has 1 aliphatic rings. The maximum atomic E-state index is 13.4. The third-order valence-electron chi connectivity index (χ3n) is 3.36. The fourth-order valence-corrected chi connectivity index (χ4v) is 3.62. The second-order valence-electron chi connectivity index (χ2n) is 4.91. The third-order valence-corrected chi connectivity index (χ3v) is 4.62. The number of carbonyl (C=O) groups is 1. The van der Waals surface area contributed by atoms with Gasteiger partial charge in [-0.25, -0.2) is 13.6 Å². The van der Waals surface area contributed by atoms with Crippen molar-refractivity contribution < 1.29 is 13.6 Å². The molecule has 0 radical (unpaired) electrons. The van der Waals surface area contributed by atoms with Crippen molar-refractivity contribution in [1.82, 2.24) is 4.90 Å². The number of carbonyl (C=O) groups excluding carboxylic acids is 1. The molecule has 0 bridgehead atoms. The van der Waals surface area contributed by atoms with Crippen LogP contribution in [-0.4, -0.2) is 23.2 Å². The van der Waals surface area contributed by atoms with Crippen LogP contribution >= 0.6 is 11.8 Å². The van der Waals surface area contributed by atoms with E-state index >= 15 is 0 Å². The van der Waals surface area contributed by atoms with Gasteiger partial charge in [0.25, 0.3) is 0 Å². The number of nitrogens with one attached hydrogen (secondary N) is 1. The summed E-state index contributed by atoms with van der Waals surface area (Å²) in [5, 5.41) is 2.45. The van der Waals surface area contributed by atoms with Crippen molar-refractivity contribution in [2.24, 2.45) is 0 Å². The SMILES string of the molecule is O=C(Nc1cccc(F)c1)N1CCSC1c1cccc(F)c1. The van der Waals surface area contributed by atoms with Crippen molar-refractivity contribution in [3.8, 4) is 0 Å². The maximum absolute atomic E-state index is 13.4. The fourth-order valence-electron chi connectivity index (χ4n) is 2.38. The zero-order valence-electron chi connectivity index (χ0n) is 11.6. The summed E-state index contributed by atoms with van der Waals surface area (Å²) in [7, 11) is 0. The van der Waals surface area contributed by atoms with Gasteiger partial charge in [0.2, 0.25) is 0 Å². The second-order valence-corrected chi connectivity index (χ2v) is 6.10. The van der Waals surface area contributed by atoms with E-state index in [-0.39, 0.29) is 17.2 Å². The van der Waals surface area contributed by atoms with Crippen LogP contribution in [0.1, 0.15) is 10.9 Å². The second kappa shape index (κ2) is 6.36. The van der Waals surface area contributed by atoms with E-state index in [1.165, 1.54) is 30.3 Å². The molecule has 2 amide bonds. The molecule has 0 saturated carbocycles. The first kappa shape index (κ1) is 14.8. The van der Waals surface area contributed by atoms with Crippen LogP contribution in [0.4, 0.5) is 19.3 Å². The van der Waals surface area contributed by atoms with Gasteiger partial charge in [0.15, 0.2) is 0 Å². The number of benzene rings is 2. The number of hydrogen-bond acceptors (Lipinski definition) is 2. The Balaban J connectivity index is 1.76. The molecular weight excluding hydrogens is 306 g/mol. The van der Waals surface area contributed by atoms with Gasteiger partial charge in [-0.1, -0.05) is 18.2 Å². The van der Waals surface area contributed by atoms with Gasteiger partial charge >= 0.3 is 6.03 Å². The highest BCUT2D eigenvalue weighted by atomic mass is 32.2. The van der Waals surface area contributed by atoms with Crippen molar-refractivity contribution in [2.45, 2.75) is 5.37 Å². The number of hydrogen-bond donors (Lipinski definition) is 1. The normalized spacial score (nSPS) is 17.5. The van der Waals surface area contributed by atoms with Crippen molar-refractivity contribution in [3.05, 3.63) is 65.7 Å². The van der Waals surface area contributed by atoms with Gasteiger partial charge in [0, 0.05) is 18.0 Å². The minimum Gasteiger partial charge on any atom is -0.308 e. The highest BCUT2D eigenvalue weighted by Gasteiger charge is 2.30. The number of urea groups is 1. The molecular formula is C16H14F2N2OS. The van der Waals surface area contributed by atoms with E-state index in [9.17, 15) is 13.6 Å². The highest BCUT2D eigenvalue weighted by Crippen LogP contribution is 2.38. The van der Waals surface area contributed by atoms with Crippen LogP contribution in [0.2, 0.25) is 0 Å². The minimum atomic E-state index is -0.407. The van der Waals surface area contributed by atoms with Crippen molar-refractivity contribution in [2.75, 3.05) is 17.6 Å². The average molecular weight is 320 g/mol. The van der Waals surface area contributed by atoms with E-state index in [0.717, 1.165) is 11.3 Å². The molecule has 1 unspecified atom stereocenters. The van der Waals surface area contributed by atoms with Gasteiger partial charge in [-0.3, -0.25) is 0 Å². The summed E-state index contributed by atoms with van der Waals surface area (Å²) in [6.45, 7) is 0.562. The molecule has 1 fully saturated rings. The summed E-state index contributed by atoms with van der Waals surface area (Å²) in [6, 6.07) is 11.7. The number of thioether (sulfide) groups is 1. The Morgan fingerprint density at radius 3 is 2.59 bits per heavy atom. The molecule has 3 rings (SSSR count). The molecule has 2 aromatic rings. The largest absolute Gasteiger partial charge is 0.323 e. The summed E-state index contributed by atoms with van der Waals surface area (Å²) in [4.78, 5) is 14.0. The topological polar surface area (TPSA) is 32.3 Å². The van der Waals surface area contributed by atoms with E-state index in [1.807, 2.05) is 0 Å². The lowest BCUT2D eigenvalue weighted by atomic mass is 10.2. The van der Waals surface area contributed by atoms with Gasteiger partial charge in [0.1, 0.15) is 17.0 Å². The molecule has 0 spiro atoms. The van der Waals surface area contributed by atoms with Crippen molar-refractivity contribution in [1.29, 1.82) is 0 Å². The molecule has 1 N–H and O–H groups in total.